The number of aromatic nitrogens is 1. The van der Waals surface area contributed by atoms with Crippen molar-refractivity contribution in [1.82, 2.24) is 20.7 Å². The Bertz CT molecular complexity index is 873. The normalized spacial score (nSPS) is 24.3. The van der Waals surface area contributed by atoms with Gasteiger partial charge < -0.3 is 10.2 Å². The number of amides is 2. The van der Waals surface area contributed by atoms with Crippen LogP contribution in [0.25, 0.3) is 0 Å². The zero-order valence-corrected chi connectivity index (χ0v) is 16.6. The molecule has 2 aliphatic heterocycles. The number of carbonyl (C=O) groups is 2. The first-order valence-electron chi connectivity index (χ1n) is 10.2. The van der Waals surface area contributed by atoms with Crippen LogP contribution in [0.4, 0.5) is 5.69 Å². The Morgan fingerprint density at radius 3 is 2.79 bits per heavy atom. The van der Waals surface area contributed by atoms with E-state index in [-0.39, 0.29) is 29.8 Å². The third kappa shape index (κ3) is 4.63. The summed E-state index contributed by atoms with van der Waals surface area (Å²) in [6.45, 7) is 3.16. The fourth-order valence-electron chi connectivity index (χ4n) is 4.11. The van der Waals surface area contributed by atoms with Gasteiger partial charge in [0.25, 0.3) is 0 Å². The largest absolute Gasteiger partial charge is 0.341 e. The quantitative estimate of drug-likeness (QED) is 0.741. The molecule has 0 bridgehead atoms. The number of anilines is 1. The van der Waals surface area contributed by atoms with E-state index >= 15 is 0 Å². The number of carbonyl (C=O) groups excluding carboxylic acids is 2. The van der Waals surface area contributed by atoms with E-state index in [9.17, 15) is 9.59 Å². The maximum Gasteiger partial charge on any atom is 0.241 e. The Hall–Kier alpha value is -2.77. The molecule has 4 rings (SSSR count). The van der Waals surface area contributed by atoms with E-state index in [1.807, 2.05) is 48.2 Å². The second kappa shape index (κ2) is 8.71. The van der Waals surface area contributed by atoms with E-state index in [1.165, 1.54) is 0 Å². The molecule has 1 aromatic heterocycles. The average molecular weight is 393 g/mol. The van der Waals surface area contributed by atoms with Crippen LogP contribution in [0.5, 0.6) is 0 Å². The molecule has 0 spiro atoms. The molecule has 0 aliphatic carbocycles. The van der Waals surface area contributed by atoms with Crippen molar-refractivity contribution < 1.29 is 9.59 Å². The summed E-state index contributed by atoms with van der Waals surface area (Å²) in [4.78, 5) is 31.6. The molecular weight excluding hydrogens is 366 g/mol. The van der Waals surface area contributed by atoms with Crippen LogP contribution in [0.2, 0.25) is 0 Å². The molecule has 29 heavy (non-hydrogen) atoms. The molecule has 1 aromatic carbocycles. The molecule has 3 unspecified atom stereocenters. The highest BCUT2D eigenvalue weighted by Crippen LogP contribution is 2.25. The van der Waals surface area contributed by atoms with Crippen molar-refractivity contribution >= 4 is 17.5 Å². The Kier molecular flexibility index (Phi) is 5.87. The minimum Gasteiger partial charge on any atom is -0.341 e. The highest BCUT2D eigenvalue weighted by molar-refractivity contribution is 5.93. The summed E-state index contributed by atoms with van der Waals surface area (Å²) in [5, 5.41) is 3.00. The van der Waals surface area contributed by atoms with Gasteiger partial charge in [-0.05, 0) is 61.6 Å². The summed E-state index contributed by atoms with van der Waals surface area (Å²) >= 11 is 0. The van der Waals surface area contributed by atoms with Crippen molar-refractivity contribution in [1.29, 1.82) is 0 Å². The summed E-state index contributed by atoms with van der Waals surface area (Å²) in [7, 11) is 0. The minimum absolute atomic E-state index is 0.0136. The lowest BCUT2D eigenvalue weighted by atomic mass is 9.95. The second-order valence-electron chi connectivity index (χ2n) is 7.89. The van der Waals surface area contributed by atoms with E-state index in [4.69, 9.17) is 0 Å². The van der Waals surface area contributed by atoms with E-state index in [2.05, 4.69) is 21.2 Å². The molecule has 2 amide bonds. The summed E-state index contributed by atoms with van der Waals surface area (Å²) in [6.07, 6.45) is 5.84. The first-order valence-corrected chi connectivity index (χ1v) is 10.2. The molecule has 3 atom stereocenters. The number of aryl methyl sites for hydroxylation is 1. The molecule has 2 saturated heterocycles. The predicted octanol–water partition coefficient (Wildman–Crippen LogP) is 2.17. The number of hydrogen-bond acceptors (Lipinski definition) is 5. The third-order valence-corrected chi connectivity index (χ3v) is 5.70. The van der Waals surface area contributed by atoms with E-state index in [0.717, 1.165) is 29.7 Å². The van der Waals surface area contributed by atoms with Crippen LogP contribution in [0.1, 0.15) is 36.4 Å². The number of hydrazine groups is 1. The van der Waals surface area contributed by atoms with Gasteiger partial charge >= 0.3 is 0 Å². The van der Waals surface area contributed by atoms with Crippen LogP contribution >= 0.6 is 0 Å². The Labute approximate surface area is 170 Å². The van der Waals surface area contributed by atoms with E-state index in [0.29, 0.717) is 19.5 Å². The van der Waals surface area contributed by atoms with Crippen LogP contribution in [-0.2, 0) is 9.59 Å². The van der Waals surface area contributed by atoms with Gasteiger partial charge in [-0.3, -0.25) is 14.6 Å². The smallest absolute Gasteiger partial charge is 0.241 e. The van der Waals surface area contributed by atoms with Crippen molar-refractivity contribution in [2.75, 3.05) is 18.4 Å². The summed E-state index contributed by atoms with van der Waals surface area (Å²) in [6, 6.07) is 11.5. The lowest BCUT2D eigenvalue weighted by Crippen LogP contribution is -2.50. The molecule has 2 aliphatic rings. The van der Waals surface area contributed by atoms with Crippen molar-refractivity contribution in [2.24, 2.45) is 5.92 Å². The minimum atomic E-state index is -0.285. The third-order valence-electron chi connectivity index (χ3n) is 5.70. The van der Waals surface area contributed by atoms with Crippen LogP contribution < -0.4 is 16.2 Å². The first kappa shape index (κ1) is 19.5. The molecular formula is C22H27N5O2. The van der Waals surface area contributed by atoms with Crippen LogP contribution in [0.15, 0.2) is 48.8 Å². The molecule has 3 heterocycles. The first-order chi connectivity index (χ1) is 14.1. The molecule has 152 valence electrons. The highest BCUT2D eigenvalue weighted by atomic mass is 16.2. The van der Waals surface area contributed by atoms with Gasteiger partial charge in [-0.25, -0.2) is 10.9 Å². The Balaban J connectivity index is 1.34. The standard InChI is InChI=1S/C22H27N5O2/c1-15-4-2-6-18(12-15)24-21(28)17-5-3-11-27(14-17)22(29)20-13-19(25-26-20)16-7-9-23-10-8-16/h2,4,6-10,12,17,19-20,25-26H,3,5,11,13-14H2,1H3,(H,24,28). The number of likely N-dealkylation sites (tertiary alicyclic amines) is 1. The van der Waals surface area contributed by atoms with Crippen LogP contribution in [0.3, 0.4) is 0 Å². The number of benzene rings is 1. The second-order valence-corrected chi connectivity index (χ2v) is 7.89. The van der Waals surface area contributed by atoms with Crippen molar-refractivity contribution in [2.45, 2.75) is 38.3 Å². The van der Waals surface area contributed by atoms with E-state index in [1.54, 1.807) is 12.4 Å². The highest BCUT2D eigenvalue weighted by Gasteiger charge is 2.36. The van der Waals surface area contributed by atoms with Crippen LogP contribution in [-0.4, -0.2) is 40.8 Å². The van der Waals surface area contributed by atoms with Crippen LogP contribution in [0, 0.1) is 12.8 Å². The van der Waals surface area contributed by atoms with Crippen molar-refractivity contribution in [3.63, 3.8) is 0 Å². The van der Waals surface area contributed by atoms with Gasteiger partial charge in [-0.15, -0.1) is 0 Å². The maximum absolute atomic E-state index is 13.0. The topological polar surface area (TPSA) is 86.4 Å². The Morgan fingerprint density at radius 1 is 1.17 bits per heavy atom. The molecule has 3 N–H and O–H groups in total. The van der Waals surface area contributed by atoms with Crippen molar-refractivity contribution in [3.05, 3.63) is 59.9 Å². The fourth-order valence-corrected chi connectivity index (χ4v) is 4.11. The maximum atomic E-state index is 13.0. The lowest BCUT2D eigenvalue weighted by Gasteiger charge is -2.33. The fraction of sp³-hybridized carbons (Fsp3) is 0.409. The molecule has 2 fully saturated rings. The number of rotatable bonds is 4. The van der Waals surface area contributed by atoms with Gasteiger partial charge in [0, 0.05) is 37.2 Å². The van der Waals surface area contributed by atoms with Gasteiger partial charge in [0.1, 0.15) is 6.04 Å². The van der Waals surface area contributed by atoms with Gasteiger partial charge in [0.05, 0.1) is 5.92 Å². The summed E-state index contributed by atoms with van der Waals surface area (Å²) in [5.41, 5.74) is 9.36. The van der Waals surface area contributed by atoms with Gasteiger partial charge in [-0.1, -0.05) is 12.1 Å². The molecule has 0 saturated carbocycles. The van der Waals surface area contributed by atoms with Gasteiger partial charge in [-0.2, -0.15) is 0 Å². The zero-order valence-electron chi connectivity index (χ0n) is 16.6. The molecule has 2 aromatic rings. The monoisotopic (exact) mass is 393 g/mol. The number of piperidine rings is 1. The number of hydrogen-bond donors (Lipinski definition) is 3. The van der Waals surface area contributed by atoms with E-state index < -0.39 is 0 Å². The van der Waals surface area contributed by atoms with Gasteiger partial charge in [0.15, 0.2) is 0 Å². The summed E-state index contributed by atoms with van der Waals surface area (Å²) in [5.74, 6) is -0.138. The SMILES string of the molecule is Cc1cccc(NC(=O)C2CCCN(C(=O)C3CC(c4ccncc4)NN3)C2)c1. The number of nitrogens with zero attached hydrogens (tertiary/aromatic N) is 2. The number of pyridine rings is 1. The molecule has 7 nitrogen and oxygen atoms in total. The van der Waals surface area contributed by atoms with Crippen molar-refractivity contribution in [3.8, 4) is 0 Å². The predicted molar refractivity (Wildman–Crippen MR) is 111 cm³/mol. The molecule has 0 radical (unpaired) electrons. The summed E-state index contributed by atoms with van der Waals surface area (Å²) < 4.78 is 0. The lowest BCUT2D eigenvalue weighted by molar-refractivity contribution is -0.136. The average Bonchev–Trinajstić information content (AvgIpc) is 3.24. The number of nitrogens with one attached hydrogen (secondary N) is 3. The molecule has 7 heteroatoms. The zero-order chi connectivity index (χ0) is 20.2. The van der Waals surface area contributed by atoms with Gasteiger partial charge in [0.2, 0.25) is 11.8 Å². The Morgan fingerprint density at radius 2 is 2.00 bits per heavy atom.